The van der Waals surface area contributed by atoms with Gasteiger partial charge in [0.15, 0.2) is 0 Å². The summed E-state index contributed by atoms with van der Waals surface area (Å²) in [6.45, 7) is 6.44. The van der Waals surface area contributed by atoms with Crippen LogP contribution in [0.3, 0.4) is 0 Å². The zero-order valence-electron chi connectivity index (χ0n) is 14.0. The monoisotopic (exact) mass is 312 g/mol. The molecule has 4 nitrogen and oxygen atoms in total. The van der Waals surface area contributed by atoms with Crippen molar-refractivity contribution in [2.24, 2.45) is 5.92 Å². The molecule has 1 N–H and O–H groups in total. The molecule has 1 heterocycles. The van der Waals surface area contributed by atoms with Crippen molar-refractivity contribution in [3.8, 4) is 5.75 Å². The Hall–Kier alpha value is -2.36. The predicted molar refractivity (Wildman–Crippen MR) is 91.0 cm³/mol. The van der Waals surface area contributed by atoms with E-state index in [0.29, 0.717) is 6.61 Å². The number of aromatic nitrogens is 1. The van der Waals surface area contributed by atoms with Gasteiger partial charge in [-0.3, -0.25) is 9.78 Å². The van der Waals surface area contributed by atoms with Gasteiger partial charge in [0.1, 0.15) is 12.4 Å². The number of hydrogen-bond donors (Lipinski definition) is 1. The second-order valence-corrected chi connectivity index (χ2v) is 5.76. The molecule has 0 aliphatic carbocycles. The number of nitrogens with one attached hydrogen (secondary N) is 1. The van der Waals surface area contributed by atoms with Gasteiger partial charge in [-0.1, -0.05) is 32.0 Å². The van der Waals surface area contributed by atoms with Crippen molar-refractivity contribution in [2.45, 2.75) is 39.8 Å². The van der Waals surface area contributed by atoms with Gasteiger partial charge in [0, 0.05) is 23.9 Å². The number of pyridine rings is 1. The number of benzene rings is 1. The van der Waals surface area contributed by atoms with Crippen LogP contribution >= 0.6 is 0 Å². The quantitative estimate of drug-likeness (QED) is 0.844. The highest BCUT2D eigenvalue weighted by Gasteiger charge is 2.14. The van der Waals surface area contributed by atoms with Crippen molar-refractivity contribution in [3.63, 3.8) is 0 Å². The molecule has 0 aliphatic rings. The zero-order valence-corrected chi connectivity index (χ0v) is 14.0. The number of carbonyl (C=O) groups excluding carboxylic acids is 1. The third kappa shape index (κ3) is 5.09. The Morgan fingerprint density at radius 2 is 1.96 bits per heavy atom. The summed E-state index contributed by atoms with van der Waals surface area (Å²) in [7, 11) is 0. The number of rotatable bonds is 7. The van der Waals surface area contributed by atoms with E-state index in [1.54, 1.807) is 12.4 Å². The van der Waals surface area contributed by atoms with Crippen molar-refractivity contribution < 1.29 is 9.53 Å². The van der Waals surface area contributed by atoms with Crippen molar-refractivity contribution >= 4 is 5.91 Å². The summed E-state index contributed by atoms with van der Waals surface area (Å²) >= 11 is 0. The van der Waals surface area contributed by atoms with Crippen molar-refractivity contribution in [2.75, 3.05) is 0 Å². The Morgan fingerprint density at radius 1 is 1.22 bits per heavy atom. The first-order valence-corrected chi connectivity index (χ1v) is 8.02. The Kier molecular flexibility index (Phi) is 6.15. The number of ether oxygens (including phenoxy) is 1. The zero-order chi connectivity index (χ0) is 16.7. The van der Waals surface area contributed by atoms with E-state index >= 15 is 0 Å². The van der Waals surface area contributed by atoms with Crippen LogP contribution in [0.5, 0.6) is 5.75 Å². The van der Waals surface area contributed by atoms with Crippen LogP contribution in [0.25, 0.3) is 0 Å². The Labute approximate surface area is 137 Å². The fourth-order valence-corrected chi connectivity index (χ4v) is 2.13. The molecule has 4 heteroatoms. The average molecular weight is 312 g/mol. The highest BCUT2D eigenvalue weighted by molar-refractivity contribution is 5.78. The molecule has 0 spiro atoms. The van der Waals surface area contributed by atoms with Crippen LogP contribution in [0.15, 0.2) is 48.8 Å². The molecule has 0 saturated heterocycles. The van der Waals surface area contributed by atoms with E-state index in [1.807, 2.05) is 57.2 Å². The van der Waals surface area contributed by atoms with Gasteiger partial charge >= 0.3 is 0 Å². The third-order valence-corrected chi connectivity index (χ3v) is 3.93. The van der Waals surface area contributed by atoms with Gasteiger partial charge in [0.2, 0.25) is 5.91 Å². The highest BCUT2D eigenvalue weighted by atomic mass is 16.5. The van der Waals surface area contributed by atoms with Crippen LogP contribution in [0.4, 0.5) is 0 Å². The Balaban J connectivity index is 1.90. The maximum absolute atomic E-state index is 11.9. The van der Waals surface area contributed by atoms with Gasteiger partial charge in [-0.25, -0.2) is 0 Å². The topological polar surface area (TPSA) is 51.2 Å². The van der Waals surface area contributed by atoms with E-state index < -0.39 is 0 Å². The summed E-state index contributed by atoms with van der Waals surface area (Å²) in [5.74, 6) is 0.939. The first kappa shape index (κ1) is 17.0. The molecule has 2 aromatic rings. The van der Waals surface area contributed by atoms with E-state index in [2.05, 4.69) is 10.3 Å². The van der Waals surface area contributed by atoms with Gasteiger partial charge in [0.05, 0.1) is 6.04 Å². The molecule has 2 atom stereocenters. The van der Waals surface area contributed by atoms with Gasteiger partial charge in [-0.2, -0.15) is 0 Å². The molecule has 0 unspecified atom stereocenters. The lowest BCUT2D eigenvalue weighted by molar-refractivity contribution is -0.125. The van der Waals surface area contributed by atoms with E-state index in [0.717, 1.165) is 23.3 Å². The second kappa shape index (κ2) is 8.32. The first-order valence-electron chi connectivity index (χ1n) is 8.02. The molecule has 0 aliphatic heterocycles. The highest BCUT2D eigenvalue weighted by Crippen LogP contribution is 2.19. The van der Waals surface area contributed by atoms with Gasteiger partial charge in [0.25, 0.3) is 0 Å². The molecule has 0 fully saturated rings. The van der Waals surface area contributed by atoms with Crippen LogP contribution in [0.1, 0.15) is 44.4 Å². The number of carbonyl (C=O) groups is 1. The molecule has 0 saturated carbocycles. The van der Waals surface area contributed by atoms with Crippen molar-refractivity contribution in [3.05, 3.63) is 59.9 Å². The molecule has 122 valence electrons. The lowest BCUT2D eigenvalue weighted by Crippen LogP contribution is -2.31. The fraction of sp³-hybridized carbons (Fsp3) is 0.368. The lowest BCUT2D eigenvalue weighted by atomic mass is 10.1. The van der Waals surface area contributed by atoms with Gasteiger partial charge < -0.3 is 10.1 Å². The smallest absolute Gasteiger partial charge is 0.223 e. The van der Waals surface area contributed by atoms with Crippen LogP contribution in [-0.4, -0.2) is 10.9 Å². The molecule has 1 amide bonds. The van der Waals surface area contributed by atoms with Crippen LogP contribution in [-0.2, 0) is 11.4 Å². The van der Waals surface area contributed by atoms with Crippen LogP contribution in [0, 0.1) is 5.92 Å². The maximum Gasteiger partial charge on any atom is 0.223 e. The van der Waals surface area contributed by atoms with E-state index in [-0.39, 0.29) is 17.9 Å². The Morgan fingerprint density at radius 3 is 2.57 bits per heavy atom. The lowest BCUT2D eigenvalue weighted by Gasteiger charge is -2.17. The Bertz CT molecular complexity index is 611. The van der Waals surface area contributed by atoms with Crippen LogP contribution in [0.2, 0.25) is 0 Å². The van der Waals surface area contributed by atoms with Crippen LogP contribution < -0.4 is 10.1 Å². The van der Waals surface area contributed by atoms with E-state index in [9.17, 15) is 4.79 Å². The van der Waals surface area contributed by atoms with Crippen molar-refractivity contribution in [1.82, 2.24) is 10.3 Å². The molecular weight excluding hydrogens is 288 g/mol. The summed E-state index contributed by atoms with van der Waals surface area (Å²) in [6, 6.07) is 11.7. The van der Waals surface area contributed by atoms with Gasteiger partial charge in [-0.05, 0) is 37.1 Å². The summed E-state index contributed by atoms with van der Waals surface area (Å²) in [5.41, 5.74) is 2.10. The summed E-state index contributed by atoms with van der Waals surface area (Å²) < 4.78 is 5.74. The minimum absolute atomic E-state index is 0.0103. The molecule has 0 bridgehead atoms. The first-order chi connectivity index (χ1) is 11.1. The number of hydrogen-bond acceptors (Lipinski definition) is 3. The largest absolute Gasteiger partial charge is 0.489 e. The SMILES string of the molecule is CC[C@H](C)C(=O)N[C@H](C)c1ccc(OCc2cccnc2)cc1. The van der Waals surface area contributed by atoms with E-state index in [4.69, 9.17) is 4.74 Å². The molecule has 23 heavy (non-hydrogen) atoms. The second-order valence-electron chi connectivity index (χ2n) is 5.76. The predicted octanol–water partition coefficient (Wildman–Crippen LogP) is 3.88. The number of nitrogens with zero attached hydrogens (tertiary/aromatic N) is 1. The third-order valence-electron chi connectivity index (χ3n) is 3.93. The van der Waals surface area contributed by atoms with Gasteiger partial charge in [-0.15, -0.1) is 0 Å². The summed E-state index contributed by atoms with van der Waals surface area (Å²) in [5, 5.41) is 3.04. The van der Waals surface area contributed by atoms with Crippen molar-refractivity contribution in [1.29, 1.82) is 0 Å². The molecular formula is C19H24N2O2. The molecule has 0 radical (unpaired) electrons. The molecule has 1 aromatic carbocycles. The normalized spacial score (nSPS) is 13.2. The maximum atomic E-state index is 11.9. The fourth-order valence-electron chi connectivity index (χ4n) is 2.13. The number of amides is 1. The summed E-state index contributed by atoms with van der Waals surface area (Å²) in [4.78, 5) is 16.0. The minimum Gasteiger partial charge on any atom is -0.489 e. The standard InChI is InChI=1S/C19H24N2O2/c1-4-14(2)19(22)21-15(3)17-7-9-18(10-8-17)23-13-16-6-5-11-20-12-16/h5-12,14-15H,4,13H2,1-3H3,(H,21,22)/t14-,15+/m0/s1. The molecule has 1 aromatic heterocycles. The van der Waals surface area contributed by atoms with E-state index in [1.165, 1.54) is 0 Å². The average Bonchev–Trinajstić information content (AvgIpc) is 2.60. The minimum atomic E-state index is -0.0103. The molecule has 2 rings (SSSR count). The summed E-state index contributed by atoms with van der Waals surface area (Å²) in [6.07, 6.45) is 4.38.